The van der Waals surface area contributed by atoms with E-state index in [0.29, 0.717) is 18.3 Å². The Bertz CT molecular complexity index is 283. The van der Waals surface area contributed by atoms with Crippen LogP contribution in [-0.2, 0) is 11.2 Å². The first-order chi connectivity index (χ1) is 6.22. The molecule has 72 valence electrons. The average Bonchev–Trinajstić information content (AvgIpc) is 2.48. The van der Waals surface area contributed by atoms with E-state index in [1.165, 1.54) is 0 Å². The molecular formula is C8H13N3O2. The lowest BCUT2D eigenvalue weighted by Crippen LogP contribution is -2.25. The van der Waals surface area contributed by atoms with Crippen LogP contribution in [0.3, 0.4) is 0 Å². The predicted molar refractivity (Wildman–Crippen MR) is 46.0 cm³/mol. The minimum atomic E-state index is -0.0782. The van der Waals surface area contributed by atoms with Crippen LogP contribution in [0.4, 0.5) is 0 Å². The molecule has 0 fully saturated rings. The van der Waals surface area contributed by atoms with Crippen LogP contribution in [0, 0.1) is 6.92 Å². The number of carbonyl (C=O) groups is 1. The van der Waals surface area contributed by atoms with Crippen molar-refractivity contribution < 1.29 is 9.32 Å². The molecule has 0 saturated heterocycles. The molecule has 0 radical (unpaired) electrons. The second-order valence-corrected chi connectivity index (χ2v) is 2.76. The third-order valence-electron chi connectivity index (χ3n) is 1.45. The van der Waals surface area contributed by atoms with E-state index in [9.17, 15) is 4.79 Å². The Hall–Kier alpha value is -1.39. The van der Waals surface area contributed by atoms with Crippen molar-refractivity contribution in [3.05, 3.63) is 11.7 Å². The molecule has 1 amide bonds. The van der Waals surface area contributed by atoms with Gasteiger partial charge in [0.05, 0.1) is 0 Å². The van der Waals surface area contributed by atoms with Crippen LogP contribution in [0.25, 0.3) is 0 Å². The summed E-state index contributed by atoms with van der Waals surface area (Å²) >= 11 is 0. The quantitative estimate of drug-likeness (QED) is 0.735. The molecule has 0 aliphatic rings. The van der Waals surface area contributed by atoms with Gasteiger partial charge in [0, 0.05) is 6.54 Å². The molecule has 0 aromatic carbocycles. The number of hydrogen-bond donors (Lipinski definition) is 1. The zero-order chi connectivity index (χ0) is 9.68. The Morgan fingerprint density at radius 1 is 1.62 bits per heavy atom. The third kappa shape index (κ3) is 3.23. The van der Waals surface area contributed by atoms with Gasteiger partial charge >= 0.3 is 0 Å². The summed E-state index contributed by atoms with van der Waals surface area (Å²) in [5.74, 6) is 0.842. The minimum Gasteiger partial charge on any atom is -0.356 e. The fourth-order valence-corrected chi connectivity index (χ4v) is 0.876. The maximum Gasteiger partial charge on any atom is 0.236 e. The van der Waals surface area contributed by atoms with Crippen LogP contribution >= 0.6 is 0 Å². The lowest BCUT2D eigenvalue weighted by atomic mass is 10.4. The number of aromatic nitrogens is 2. The van der Waals surface area contributed by atoms with E-state index in [0.717, 1.165) is 6.42 Å². The molecule has 5 nitrogen and oxygen atoms in total. The number of hydrogen-bond acceptors (Lipinski definition) is 4. The highest BCUT2D eigenvalue weighted by Gasteiger charge is 2.08. The first kappa shape index (κ1) is 9.70. The van der Waals surface area contributed by atoms with Crippen LogP contribution in [0.15, 0.2) is 4.52 Å². The molecule has 5 heteroatoms. The number of nitrogens with one attached hydrogen (secondary N) is 1. The molecule has 0 aliphatic heterocycles. The van der Waals surface area contributed by atoms with Crippen LogP contribution in [0.1, 0.15) is 25.1 Å². The van der Waals surface area contributed by atoms with Crippen LogP contribution in [-0.4, -0.2) is 22.6 Å². The van der Waals surface area contributed by atoms with E-state index in [4.69, 9.17) is 4.52 Å². The first-order valence-corrected chi connectivity index (χ1v) is 4.28. The predicted octanol–water partition coefficient (Wildman–Crippen LogP) is 0.447. The fourth-order valence-electron chi connectivity index (χ4n) is 0.876. The highest BCUT2D eigenvalue weighted by molar-refractivity contribution is 5.77. The average molecular weight is 183 g/mol. The van der Waals surface area contributed by atoms with Gasteiger partial charge in [-0.2, -0.15) is 4.98 Å². The molecule has 1 heterocycles. The molecular weight excluding hydrogens is 170 g/mol. The van der Waals surface area contributed by atoms with Gasteiger partial charge in [-0.25, -0.2) is 0 Å². The maximum absolute atomic E-state index is 11.1. The Morgan fingerprint density at radius 3 is 2.92 bits per heavy atom. The monoisotopic (exact) mass is 183 g/mol. The fraction of sp³-hybridized carbons (Fsp3) is 0.625. The van der Waals surface area contributed by atoms with Gasteiger partial charge in [-0.05, 0) is 13.3 Å². The van der Waals surface area contributed by atoms with Gasteiger partial charge < -0.3 is 9.84 Å². The Morgan fingerprint density at radius 2 is 2.38 bits per heavy atom. The molecule has 0 atom stereocenters. The SMILES string of the molecule is CCCNC(=O)Cc1nc(C)no1. The highest BCUT2D eigenvalue weighted by Crippen LogP contribution is 1.96. The summed E-state index contributed by atoms with van der Waals surface area (Å²) in [6.07, 6.45) is 1.09. The van der Waals surface area contributed by atoms with Gasteiger partial charge in [0.2, 0.25) is 11.8 Å². The molecule has 1 N–H and O–H groups in total. The Balaban J connectivity index is 2.36. The first-order valence-electron chi connectivity index (χ1n) is 4.28. The van der Waals surface area contributed by atoms with Gasteiger partial charge in [-0.1, -0.05) is 12.1 Å². The second kappa shape index (κ2) is 4.59. The maximum atomic E-state index is 11.1. The number of amides is 1. The van der Waals surface area contributed by atoms with Crippen LogP contribution in [0.5, 0.6) is 0 Å². The summed E-state index contributed by atoms with van der Waals surface area (Å²) in [7, 11) is 0. The summed E-state index contributed by atoms with van der Waals surface area (Å²) in [5.41, 5.74) is 0. The van der Waals surface area contributed by atoms with Crippen molar-refractivity contribution in [2.75, 3.05) is 6.54 Å². The molecule has 0 aliphatic carbocycles. The normalized spacial score (nSPS) is 10.0. The largest absolute Gasteiger partial charge is 0.356 e. The van der Waals surface area contributed by atoms with Crippen LogP contribution < -0.4 is 5.32 Å². The Kier molecular flexibility index (Phi) is 3.42. The van der Waals surface area contributed by atoms with E-state index in [-0.39, 0.29) is 12.3 Å². The molecule has 1 rings (SSSR count). The van der Waals surface area contributed by atoms with Gasteiger partial charge in [0.25, 0.3) is 0 Å². The van der Waals surface area contributed by atoms with E-state index in [1.807, 2.05) is 6.92 Å². The van der Waals surface area contributed by atoms with Crippen molar-refractivity contribution in [1.29, 1.82) is 0 Å². The molecule has 1 aromatic rings. The molecule has 0 saturated carbocycles. The lowest BCUT2D eigenvalue weighted by molar-refractivity contribution is -0.120. The molecule has 1 aromatic heterocycles. The summed E-state index contributed by atoms with van der Waals surface area (Å²) in [4.78, 5) is 15.1. The van der Waals surface area contributed by atoms with Crippen molar-refractivity contribution in [3.63, 3.8) is 0 Å². The van der Waals surface area contributed by atoms with E-state index < -0.39 is 0 Å². The van der Waals surface area contributed by atoms with Crippen molar-refractivity contribution in [3.8, 4) is 0 Å². The number of aryl methyl sites for hydroxylation is 1. The minimum absolute atomic E-state index is 0.0782. The van der Waals surface area contributed by atoms with E-state index in [1.54, 1.807) is 6.92 Å². The second-order valence-electron chi connectivity index (χ2n) is 2.76. The number of nitrogens with zero attached hydrogens (tertiary/aromatic N) is 2. The van der Waals surface area contributed by atoms with Crippen molar-refractivity contribution >= 4 is 5.91 Å². The van der Waals surface area contributed by atoms with Crippen molar-refractivity contribution in [2.45, 2.75) is 26.7 Å². The van der Waals surface area contributed by atoms with E-state index >= 15 is 0 Å². The zero-order valence-electron chi connectivity index (χ0n) is 7.83. The molecule has 0 spiro atoms. The van der Waals surface area contributed by atoms with Gasteiger partial charge in [-0.15, -0.1) is 0 Å². The van der Waals surface area contributed by atoms with Gasteiger partial charge in [0.15, 0.2) is 5.82 Å². The molecule has 0 unspecified atom stereocenters. The van der Waals surface area contributed by atoms with Crippen molar-refractivity contribution in [2.24, 2.45) is 0 Å². The van der Waals surface area contributed by atoms with Gasteiger partial charge in [-0.3, -0.25) is 4.79 Å². The van der Waals surface area contributed by atoms with Crippen molar-refractivity contribution in [1.82, 2.24) is 15.5 Å². The Labute approximate surface area is 76.5 Å². The summed E-state index contributed by atoms with van der Waals surface area (Å²) < 4.78 is 4.79. The highest BCUT2D eigenvalue weighted by atomic mass is 16.5. The number of rotatable bonds is 4. The smallest absolute Gasteiger partial charge is 0.236 e. The third-order valence-corrected chi connectivity index (χ3v) is 1.45. The zero-order valence-corrected chi connectivity index (χ0v) is 7.83. The summed E-state index contributed by atoms with van der Waals surface area (Å²) in [6.45, 7) is 4.40. The lowest BCUT2D eigenvalue weighted by Gasteiger charge is -1.98. The topological polar surface area (TPSA) is 68.0 Å². The number of carbonyl (C=O) groups excluding carboxylic acids is 1. The molecule has 0 bridgehead atoms. The standard InChI is InChI=1S/C8H13N3O2/c1-3-4-9-7(12)5-8-10-6(2)11-13-8/h3-5H2,1-2H3,(H,9,12). The summed E-state index contributed by atoms with van der Waals surface area (Å²) in [5, 5.41) is 6.31. The van der Waals surface area contributed by atoms with E-state index in [2.05, 4.69) is 15.5 Å². The van der Waals surface area contributed by atoms with Crippen LogP contribution in [0.2, 0.25) is 0 Å². The molecule has 13 heavy (non-hydrogen) atoms. The van der Waals surface area contributed by atoms with Gasteiger partial charge in [0.1, 0.15) is 6.42 Å². The summed E-state index contributed by atoms with van der Waals surface area (Å²) in [6, 6.07) is 0.